The van der Waals surface area contributed by atoms with Crippen LogP contribution in [0, 0.1) is 28.6 Å². The number of hydrogen-bond donors (Lipinski definition) is 1. The largest absolute Gasteiger partial charge is 0.480 e. The monoisotopic (exact) mass is 390 g/mol. The summed E-state index contributed by atoms with van der Waals surface area (Å²) in [5.74, 6) is 0.995. The molecule has 0 heterocycles. The number of rotatable bonds is 4. The van der Waals surface area contributed by atoms with E-state index in [-0.39, 0.29) is 35.6 Å². The van der Waals surface area contributed by atoms with E-state index >= 15 is 0 Å². The van der Waals surface area contributed by atoms with Gasteiger partial charge in [0.05, 0.1) is 6.10 Å². The second kappa shape index (κ2) is 7.16. The van der Waals surface area contributed by atoms with E-state index in [2.05, 4.69) is 19.9 Å². The number of fused-ring (bicyclic) bond motifs is 5. The summed E-state index contributed by atoms with van der Waals surface area (Å²) in [7, 11) is 0. The Morgan fingerprint density at radius 3 is 2.61 bits per heavy atom. The molecular weight excluding hydrogens is 356 g/mol. The van der Waals surface area contributed by atoms with Crippen LogP contribution >= 0.6 is 0 Å². The lowest BCUT2D eigenvalue weighted by Crippen LogP contribution is -2.52. The Balaban J connectivity index is 1.52. The van der Waals surface area contributed by atoms with Gasteiger partial charge in [0.15, 0.2) is 0 Å². The topological polar surface area (TPSA) is 72.8 Å². The van der Waals surface area contributed by atoms with Gasteiger partial charge in [0, 0.05) is 12.3 Å². The van der Waals surface area contributed by atoms with Gasteiger partial charge in [-0.15, -0.1) is 0 Å². The first-order valence-electron chi connectivity index (χ1n) is 11.0. The number of ether oxygens (including phenoxy) is 2. The highest BCUT2D eigenvalue weighted by Gasteiger charge is 2.59. The Kier molecular flexibility index (Phi) is 5.09. The molecule has 156 valence electrons. The zero-order valence-electron chi connectivity index (χ0n) is 17.4. The van der Waals surface area contributed by atoms with Gasteiger partial charge < -0.3 is 14.6 Å². The first-order chi connectivity index (χ1) is 13.2. The Hall–Kier alpha value is -1.36. The number of allylic oxidation sites excluding steroid dienone is 1. The molecule has 3 saturated carbocycles. The van der Waals surface area contributed by atoms with Gasteiger partial charge in [-0.3, -0.25) is 4.79 Å². The highest BCUT2D eigenvalue weighted by molar-refractivity contribution is 5.68. The molecule has 3 fully saturated rings. The van der Waals surface area contributed by atoms with Crippen LogP contribution in [0.15, 0.2) is 11.6 Å². The van der Waals surface area contributed by atoms with Crippen molar-refractivity contribution >= 4 is 11.9 Å². The highest BCUT2D eigenvalue weighted by atomic mass is 16.5. The van der Waals surface area contributed by atoms with Crippen molar-refractivity contribution in [2.45, 2.75) is 84.3 Å². The Morgan fingerprint density at radius 1 is 1.11 bits per heavy atom. The third kappa shape index (κ3) is 3.20. The standard InChI is InChI=1S/C23H34O5/c1-14(24)28-20-7-6-18-17-5-4-15-12-16(27-13-21(25)26)8-10-22(15,2)19(17)9-11-23(18,20)3/h12,16-20H,4-11,13H2,1-3H3,(H,25,26)/t16-,17-,18-,19-,20-,22-,23-/m0/s1. The smallest absolute Gasteiger partial charge is 0.329 e. The van der Waals surface area contributed by atoms with E-state index in [1.165, 1.54) is 31.8 Å². The normalized spacial score (nSPS) is 44.7. The molecule has 0 spiro atoms. The quantitative estimate of drug-likeness (QED) is 0.571. The second-order valence-corrected chi connectivity index (χ2v) is 10.0. The first kappa shape index (κ1) is 19.9. The third-order valence-electron chi connectivity index (χ3n) is 8.71. The van der Waals surface area contributed by atoms with Crippen LogP contribution in [0.5, 0.6) is 0 Å². The first-order valence-corrected chi connectivity index (χ1v) is 11.0. The molecule has 0 aromatic heterocycles. The van der Waals surface area contributed by atoms with Crippen molar-refractivity contribution in [2.75, 3.05) is 6.61 Å². The number of carbonyl (C=O) groups excluding carboxylic acids is 1. The van der Waals surface area contributed by atoms with Gasteiger partial charge in [0.25, 0.3) is 0 Å². The fourth-order valence-electron chi connectivity index (χ4n) is 7.35. The Labute approximate surface area is 167 Å². The Morgan fingerprint density at radius 2 is 1.89 bits per heavy atom. The van der Waals surface area contributed by atoms with E-state index < -0.39 is 5.97 Å². The van der Waals surface area contributed by atoms with Crippen molar-refractivity contribution in [3.63, 3.8) is 0 Å². The lowest BCUT2D eigenvalue weighted by Gasteiger charge is -2.58. The van der Waals surface area contributed by atoms with Crippen molar-refractivity contribution < 1.29 is 24.2 Å². The predicted octanol–water partition coefficient (Wildman–Crippen LogP) is 4.35. The van der Waals surface area contributed by atoms with Crippen molar-refractivity contribution in [3.05, 3.63) is 11.6 Å². The molecule has 5 nitrogen and oxygen atoms in total. The fraction of sp³-hybridized carbons (Fsp3) is 0.826. The lowest BCUT2D eigenvalue weighted by atomic mass is 9.47. The average molecular weight is 391 g/mol. The number of carboxylic acids is 1. The maximum Gasteiger partial charge on any atom is 0.329 e. The molecule has 0 amide bonds. The van der Waals surface area contributed by atoms with Crippen LogP contribution in [0.25, 0.3) is 0 Å². The summed E-state index contributed by atoms with van der Waals surface area (Å²) in [4.78, 5) is 22.4. The van der Waals surface area contributed by atoms with Crippen molar-refractivity contribution in [1.82, 2.24) is 0 Å². The second-order valence-electron chi connectivity index (χ2n) is 10.0. The molecule has 0 bridgehead atoms. The number of esters is 1. The molecule has 0 aromatic carbocycles. The molecule has 0 unspecified atom stereocenters. The zero-order valence-corrected chi connectivity index (χ0v) is 17.4. The SMILES string of the molecule is CC(=O)O[C@H]1CC[C@H]2[C@@H]3CCC4=C[C@@H](OCC(=O)O)CC[C@]4(C)[C@H]3CC[C@]12C. The summed E-state index contributed by atoms with van der Waals surface area (Å²) in [5.41, 5.74) is 1.84. The van der Waals surface area contributed by atoms with Gasteiger partial charge in [-0.25, -0.2) is 4.79 Å². The van der Waals surface area contributed by atoms with Gasteiger partial charge in [-0.2, -0.15) is 0 Å². The molecule has 1 N–H and O–H groups in total. The number of carbonyl (C=O) groups is 2. The maximum absolute atomic E-state index is 11.6. The number of carboxylic acid groups (broad SMARTS) is 1. The average Bonchev–Trinajstić information content (AvgIpc) is 2.95. The van der Waals surface area contributed by atoms with Crippen molar-refractivity contribution in [1.29, 1.82) is 0 Å². The lowest BCUT2D eigenvalue weighted by molar-refractivity contribution is -0.157. The van der Waals surface area contributed by atoms with Gasteiger partial charge in [-0.1, -0.05) is 25.5 Å². The maximum atomic E-state index is 11.6. The highest BCUT2D eigenvalue weighted by Crippen LogP contribution is 2.65. The zero-order chi connectivity index (χ0) is 20.1. The van der Waals surface area contributed by atoms with Crippen LogP contribution < -0.4 is 0 Å². The number of hydrogen-bond acceptors (Lipinski definition) is 4. The molecular formula is C23H34O5. The fourth-order valence-corrected chi connectivity index (χ4v) is 7.35. The van der Waals surface area contributed by atoms with Crippen molar-refractivity contribution in [3.8, 4) is 0 Å². The van der Waals surface area contributed by atoms with Crippen LogP contribution in [0.1, 0.15) is 72.1 Å². The van der Waals surface area contributed by atoms with Crippen LogP contribution in [-0.2, 0) is 19.1 Å². The van der Waals surface area contributed by atoms with Gasteiger partial charge in [0.1, 0.15) is 12.7 Å². The summed E-state index contributed by atoms with van der Waals surface area (Å²) in [6.07, 6.45) is 11.1. The van der Waals surface area contributed by atoms with Crippen molar-refractivity contribution in [2.24, 2.45) is 28.6 Å². The minimum absolute atomic E-state index is 0.0515. The summed E-state index contributed by atoms with van der Waals surface area (Å²) < 4.78 is 11.3. The molecule has 4 rings (SSSR count). The van der Waals surface area contributed by atoms with Crippen LogP contribution in [-0.4, -0.2) is 35.9 Å². The minimum Gasteiger partial charge on any atom is -0.480 e. The van der Waals surface area contributed by atoms with E-state index in [0.29, 0.717) is 17.8 Å². The van der Waals surface area contributed by atoms with Crippen LogP contribution in [0.2, 0.25) is 0 Å². The molecule has 0 aliphatic heterocycles. The third-order valence-corrected chi connectivity index (χ3v) is 8.71. The molecule has 0 saturated heterocycles. The summed E-state index contributed by atoms with van der Waals surface area (Å²) in [6.45, 7) is 6.12. The van der Waals surface area contributed by atoms with E-state index in [1.807, 2.05) is 0 Å². The molecule has 0 aromatic rings. The van der Waals surface area contributed by atoms with Gasteiger partial charge >= 0.3 is 11.9 Å². The molecule has 28 heavy (non-hydrogen) atoms. The van der Waals surface area contributed by atoms with Crippen LogP contribution in [0.3, 0.4) is 0 Å². The molecule has 4 aliphatic rings. The van der Waals surface area contributed by atoms with E-state index in [9.17, 15) is 9.59 Å². The number of aliphatic carboxylic acids is 1. The molecule has 0 radical (unpaired) electrons. The summed E-state index contributed by atoms with van der Waals surface area (Å²) in [5, 5.41) is 8.89. The Bertz CT molecular complexity index is 684. The molecule has 5 heteroatoms. The van der Waals surface area contributed by atoms with E-state index in [0.717, 1.165) is 32.1 Å². The minimum atomic E-state index is -0.898. The van der Waals surface area contributed by atoms with Crippen LogP contribution in [0.4, 0.5) is 0 Å². The van der Waals surface area contributed by atoms with E-state index in [4.69, 9.17) is 14.6 Å². The van der Waals surface area contributed by atoms with Gasteiger partial charge in [-0.05, 0) is 74.5 Å². The van der Waals surface area contributed by atoms with Gasteiger partial charge in [0.2, 0.25) is 0 Å². The summed E-state index contributed by atoms with van der Waals surface area (Å²) in [6, 6.07) is 0. The van der Waals surface area contributed by atoms with E-state index in [1.54, 1.807) is 0 Å². The summed E-state index contributed by atoms with van der Waals surface area (Å²) >= 11 is 0. The molecule has 7 atom stereocenters. The molecule has 4 aliphatic carbocycles. The predicted molar refractivity (Wildman–Crippen MR) is 105 cm³/mol.